The summed E-state index contributed by atoms with van der Waals surface area (Å²) in [5.41, 5.74) is 3.55. The minimum atomic E-state index is -0.649. The second-order valence-corrected chi connectivity index (χ2v) is 8.55. The molecule has 0 atom stereocenters. The van der Waals surface area contributed by atoms with Crippen LogP contribution in [0.1, 0.15) is 35.0 Å². The maximum atomic E-state index is 14.1. The lowest BCUT2D eigenvalue weighted by Gasteiger charge is -2.16. The third-order valence-corrected chi connectivity index (χ3v) is 6.65. The Hall–Kier alpha value is -2.84. The van der Waals surface area contributed by atoms with Gasteiger partial charge in [0.05, 0.1) is 12.2 Å². The fraction of sp³-hybridized carbons (Fsp3) is 0.292. The number of carbonyl (C=O) groups is 1. The largest absolute Gasteiger partial charge is 0.507 e. The molecule has 0 bridgehead atoms. The topological polar surface area (TPSA) is 63.5 Å². The SMILES string of the molecule is CCOC(=O)c1c(CSc2ccc(F)cc2F)n(C)c2cc(C3=CCNCC3)c(O)cc12. The number of fused-ring (bicyclic) bond motifs is 1. The molecule has 1 aliphatic heterocycles. The summed E-state index contributed by atoms with van der Waals surface area (Å²) >= 11 is 1.17. The molecule has 8 heteroatoms. The summed E-state index contributed by atoms with van der Waals surface area (Å²) in [6, 6.07) is 6.92. The zero-order valence-corrected chi connectivity index (χ0v) is 18.7. The van der Waals surface area contributed by atoms with E-state index in [4.69, 9.17) is 4.74 Å². The first kappa shape index (κ1) is 22.4. The number of benzene rings is 2. The van der Waals surface area contributed by atoms with Crippen LogP contribution >= 0.6 is 11.8 Å². The molecule has 0 amide bonds. The third kappa shape index (κ3) is 4.25. The van der Waals surface area contributed by atoms with Gasteiger partial charge in [-0.3, -0.25) is 0 Å². The number of aromatic nitrogens is 1. The molecule has 0 saturated heterocycles. The molecule has 0 spiro atoms. The van der Waals surface area contributed by atoms with E-state index < -0.39 is 17.6 Å². The monoisotopic (exact) mass is 458 g/mol. The van der Waals surface area contributed by atoms with Crippen LogP contribution in [0.15, 0.2) is 41.3 Å². The van der Waals surface area contributed by atoms with Crippen LogP contribution in [0.3, 0.4) is 0 Å². The van der Waals surface area contributed by atoms with Gasteiger partial charge in [0.25, 0.3) is 0 Å². The van der Waals surface area contributed by atoms with Gasteiger partial charge in [0.1, 0.15) is 17.4 Å². The molecule has 2 aromatic carbocycles. The molecule has 1 aromatic heterocycles. The molecule has 2 heterocycles. The van der Waals surface area contributed by atoms with Crippen molar-refractivity contribution in [1.29, 1.82) is 0 Å². The lowest BCUT2D eigenvalue weighted by atomic mass is 9.97. The molecule has 32 heavy (non-hydrogen) atoms. The van der Waals surface area contributed by atoms with Gasteiger partial charge in [0.15, 0.2) is 0 Å². The van der Waals surface area contributed by atoms with Gasteiger partial charge in [-0.15, -0.1) is 11.8 Å². The summed E-state index contributed by atoms with van der Waals surface area (Å²) in [5, 5.41) is 14.6. The number of hydrogen-bond donors (Lipinski definition) is 2. The van der Waals surface area contributed by atoms with E-state index in [1.165, 1.54) is 23.9 Å². The number of rotatable bonds is 6. The van der Waals surface area contributed by atoms with Crippen molar-refractivity contribution in [2.24, 2.45) is 7.05 Å². The Bertz CT molecular complexity index is 1220. The normalized spacial score (nSPS) is 13.9. The number of phenols is 1. The molecule has 0 radical (unpaired) electrons. The van der Waals surface area contributed by atoms with Crippen LogP contribution in [0, 0.1) is 11.6 Å². The fourth-order valence-electron chi connectivity index (χ4n) is 3.99. The summed E-state index contributed by atoms with van der Waals surface area (Å²) < 4.78 is 34.6. The van der Waals surface area contributed by atoms with E-state index in [0.717, 1.165) is 42.2 Å². The van der Waals surface area contributed by atoms with Gasteiger partial charge in [-0.05, 0) is 49.7 Å². The molecular formula is C24H24F2N2O3S. The predicted molar refractivity (Wildman–Crippen MR) is 122 cm³/mol. The van der Waals surface area contributed by atoms with Gasteiger partial charge in [0.2, 0.25) is 0 Å². The van der Waals surface area contributed by atoms with E-state index in [2.05, 4.69) is 5.32 Å². The van der Waals surface area contributed by atoms with Crippen molar-refractivity contribution in [3.63, 3.8) is 0 Å². The van der Waals surface area contributed by atoms with Gasteiger partial charge in [-0.2, -0.15) is 0 Å². The van der Waals surface area contributed by atoms with E-state index >= 15 is 0 Å². The second-order valence-electron chi connectivity index (χ2n) is 7.53. The number of halogens is 2. The smallest absolute Gasteiger partial charge is 0.340 e. The van der Waals surface area contributed by atoms with Crippen molar-refractivity contribution < 1.29 is 23.4 Å². The Morgan fingerprint density at radius 1 is 1.28 bits per heavy atom. The first-order valence-corrected chi connectivity index (χ1v) is 11.4. The van der Waals surface area contributed by atoms with E-state index in [0.29, 0.717) is 16.6 Å². The Labute approximate surface area is 189 Å². The lowest BCUT2D eigenvalue weighted by molar-refractivity contribution is 0.0527. The van der Waals surface area contributed by atoms with Gasteiger partial charge >= 0.3 is 5.97 Å². The zero-order valence-electron chi connectivity index (χ0n) is 17.9. The number of esters is 1. The fourth-order valence-corrected chi connectivity index (χ4v) is 4.98. The quantitative estimate of drug-likeness (QED) is 0.402. The molecule has 3 aromatic rings. The molecule has 0 fully saturated rings. The Kier molecular flexibility index (Phi) is 6.53. The standard InChI is InChI=1S/C24H24F2N2O3S/c1-3-31-24(30)23-17-12-21(29)16(14-6-8-27-9-7-14)11-19(17)28(2)20(23)13-32-22-5-4-15(25)10-18(22)26/h4-6,10-12,27,29H,3,7-9,13H2,1-2H3. The van der Waals surface area contributed by atoms with Gasteiger partial charge < -0.3 is 19.7 Å². The van der Waals surface area contributed by atoms with Crippen molar-refractivity contribution in [3.05, 3.63) is 64.9 Å². The number of carbonyl (C=O) groups excluding carboxylic acids is 1. The highest BCUT2D eigenvalue weighted by Gasteiger charge is 2.25. The van der Waals surface area contributed by atoms with Crippen LogP contribution in [-0.2, 0) is 17.5 Å². The van der Waals surface area contributed by atoms with E-state index in [1.807, 2.05) is 23.8 Å². The van der Waals surface area contributed by atoms with Crippen molar-refractivity contribution in [3.8, 4) is 5.75 Å². The highest BCUT2D eigenvalue weighted by Crippen LogP contribution is 2.38. The van der Waals surface area contributed by atoms with Crippen LogP contribution in [0.5, 0.6) is 5.75 Å². The number of nitrogens with one attached hydrogen (secondary N) is 1. The maximum Gasteiger partial charge on any atom is 0.340 e. The first-order chi connectivity index (χ1) is 15.4. The van der Waals surface area contributed by atoms with E-state index in [1.54, 1.807) is 13.0 Å². The summed E-state index contributed by atoms with van der Waals surface area (Å²) in [7, 11) is 1.83. The third-order valence-electron chi connectivity index (χ3n) is 5.59. The number of thioether (sulfide) groups is 1. The molecule has 2 N–H and O–H groups in total. The number of aromatic hydroxyl groups is 1. The Morgan fingerprint density at radius 2 is 2.09 bits per heavy atom. The Morgan fingerprint density at radius 3 is 2.78 bits per heavy atom. The van der Waals surface area contributed by atoms with Crippen molar-refractivity contribution in [2.45, 2.75) is 24.0 Å². The molecule has 0 unspecified atom stereocenters. The maximum absolute atomic E-state index is 14.1. The van der Waals surface area contributed by atoms with Crippen molar-refractivity contribution in [2.75, 3.05) is 19.7 Å². The number of hydrogen-bond acceptors (Lipinski definition) is 5. The summed E-state index contributed by atoms with van der Waals surface area (Å²) in [6.07, 6.45) is 2.84. The van der Waals surface area contributed by atoms with Gasteiger partial charge in [-0.25, -0.2) is 13.6 Å². The minimum absolute atomic E-state index is 0.102. The number of phenolic OH excluding ortho intramolecular Hbond substituents is 1. The highest BCUT2D eigenvalue weighted by molar-refractivity contribution is 7.98. The average Bonchev–Trinajstić information content (AvgIpc) is 3.04. The second kappa shape index (κ2) is 9.34. The van der Waals surface area contributed by atoms with E-state index in [9.17, 15) is 18.7 Å². The number of aryl methyl sites for hydroxylation is 1. The molecular weight excluding hydrogens is 434 g/mol. The minimum Gasteiger partial charge on any atom is -0.507 e. The van der Waals surface area contributed by atoms with Crippen molar-refractivity contribution >= 4 is 34.2 Å². The summed E-state index contributed by atoms with van der Waals surface area (Å²) in [6.45, 7) is 3.50. The number of ether oxygens (including phenoxy) is 1. The highest BCUT2D eigenvalue weighted by atomic mass is 32.2. The molecule has 168 valence electrons. The molecule has 5 nitrogen and oxygen atoms in total. The Balaban J connectivity index is 1.81. The van der Waals surface area contributed by atoms with Crippen LogP contribution in [0.4, 0.5) is 8.78 Å². The first-order valence-electron chi connectivity index (χ1n) is 10.4. The number of nitrogens with zero attached hydrogens (tertiary/aromatic N) is 1. The molecule has 1 aliphatic rings. The zero-order chi connectivity index (χ0) is 22.8. The predicted octanol–water partition coefficient (Wildman–Crippen LogP) is 5.01. The molecule has 0 aliphatic carbocycles. The van der Waals surface area contributed by atoms with E-state index in [-0.39, 0.29) is 23.0 Å². The van der Waals surface area contributed by atoms with Gasteiger partial charge in [-0.1, -0.05) is 6.08 Å². The van der Waals surface area contributed by atoms with Crippen LogP contribution < -0.4 is 5.32 Å². The summed E-state index contributed by atoms with van der Waals surface area (Å²) in [5.74, 6) is -1.42. The van der Waals surface area contributed by atoms with Crippen molar-refractivity contribution in [1.82, 2.24) is 9.88 Å². The molecule has 4 rings (SSSR count). The molecule has 0 saturated carbocycles. The summed E-state index contributed by atoms with van der Waals surface area (Å²) in [4.78, 5) is 13.1. The average molecular weight is 459 g/mol. The lowest BCUT2D eigenvalue weighted by Crippen LogP contribution is -2.20. The van der Waals surface area contributed by atoms with Crippen LogP contribution in [-0.4, -0.2) is 35.3 Å². The van der Waals surface area contributed by atoms with Gasteiger partial charge in [0, 0.05) is 52.5 Å². The van der Waals surface area contributed by atoms with Crippen LogP contribution in [0.2, 0.25) is 0 Å². The van der Waals surface area contributed by atoms with Crippen LogP contribution in [0.25, 0.3) is 16.5 Å².